The van der Waals surface area contributed by atoms with Gasteiger partial charge < -0.3 is 14.1 Å². The zero-order valence-corrected chi connectivity index (χ0v) is 19.7. The van der Waals surface area contributed by atoms with Gasteiger partial charge in [0.05, 0.1) is 18.6 Å². The van der Waals surface area contributed by atoms with Crippen LogP contribution in [0.1, 0.15) is 48.9 Å². The van der Waals surface area contributed by atoms with Gasteiger partial charge in [-0.1, -0.05) is 23.9 Å². The maximum atomic E-state index is 12.8. The van der Waals surface area contributed by atoms with Crippen LogP contribution in [0.2, 0.25) is 0 Å². The molecular weight excluding hydrogens is 424 g/mol. The van der Waals surface area contributed by atoms with E-state index in [9.17, 15) is 4.79 Å². The summed E-state index contributed by atoms with van der Waals surface area (Å²) in [4.78, 5) is 14.8. The number of nitrogens with zero attached hydrogens (tertiary/aromatic N) is 4. The Bertz CT molecular complexity index is 1050. The van der Waals surface area contributed by atoms with Gasteiger partial charge >= 0.3 is 0 Å². The number of likely N-dealkylation sites (tertiary alicyclic amines) is 1. The molecule has 1 aliphatic heterocycles. The third-order valence-electron chi connectivity index (χ3n) is 6.05. The molecular formula is C24H30N4O3S. The first-order chi connectivity index (χ1) is 15.5. The fraction of sp³-hybridized carbons (Fsp3) is 0.458. The Balaban J connectivity index is 1.48. The number of hydrogen-bond acceptors (Lipinski definition) is 6. The summed E-state index contributed by atoms with van der Waals surface area (Å²) in [5, 5.41) is 9.43. The summed E-state index contributed by atoms with van der Waals surface area (Å²) in [6.07, 6.45) is 5.00. The van der Waals surface area contributed by atoms with Gasteiger partial charge in [-0.2, -0.15) is 0 Å². The molecule has 1 aliphatic rings. The second kappa shape index (κ2) is 10.3. The zero-order valence-electron chi connectivity index (χ0n) is 18.9. The van der Waals surface area contributed by atoms with Crippen LogP contribution in [0.5, 0.6) is 5.75 Å². The Labute approximate surface area is 193 Å². The minimum atomic E-state index is 0.155. The average molecular weight is 455 g/mol. The molecule has 1 saturated heterocycles. The van der Waals surface area contributed by atoms with E-state index >= 15 is 0 Å². The van der Waals surface area contributed by atoms with Gasteiger partial charge in [0.15, 0.2) is 11.0 Å². The lowest BCUT2D eigenvalue weighted by Gasteiger charge is -2.33. The van der Waals surface area contributed by atoms with E-state index in [1.807, 2.05) is 40.7 Å². The summed E-state index contributed by atoms with van der Waals surface area (Å²) in [6, 6.07) is 10.1. The molecule has 0 spiro atoms. The van der Waals surface area contributed by atoms with Gasteiger partial charge in [-0.3, -0.25) is 9.36 Å². The van der Waals surface area contributed by atoms with Crippen LogP contribution >= 0.6 is 11.8 Å². The molecule has 0 aliphatic carbocycles. The van der Waals surface area contributed by atoms with Crippen LogP contribution in [0.25, 0.3) is 0 Å². The summed E-state index contributed by atoms with van der Waals surface area (Å²) in [5.74, 6) is 2.83. The van der Waals surface area contributed by atoms with E-state index < -0.39 is 0 Å². The van der Waals surface area contributed by atoms with E-state index in [0.717, 1.165) is 36.5 Å². The van der Waals surface area contributed by atoms with Gasteiger partial charge in [-0.25, -0.2) is 0 Å². The Morgan fingerprint density at radius 2 is 2.09 bits per heavy atom. The molecule has 0 N–H and O–H groups in total. The van der Waals surface area contributed by atoms with Gasteiger partial charge in [0, 0.05) is 12.6 Å². The van der Waals surface area contributed by atoms with Crippen molar-refractivity contribution in [1.82, 2.24) is 19.7 Å². The van der Waals surface area contributed by atoms with Crippen molar-refractivity contribution < 1.29 is 13.9 Å². The fourth-order valence-corrected chi connectivity index (χ4v) is 4.79. The number of aromatic nitrogens is 3. The Morgan fingerprint density at radius 1 is 1.22 bits per heavy atom. The van der Waals surface area contributed by atoms with Crippen LogP contribution in [0.3, 0.4) is 0 Å². The standard InChI is InChI=1S/C24H30N4O3S/c1-17-8-6-11-21(19(17)3)31-15-22-25-26-24(28(22)14-20-10-7-13-30-20)32-16-23(29)27-12-5-4-9-18(27)2/h6-8,10-11,13,18H,4-5,9,12,14-16H2,1-3H3. The van der Waals surface area contributed by atoms with Crippen molar-refractivity contribution in [3.63, 3.8) is 0 Å². The number of piperidine rings is 1. The molecule has 1 amide bonds. The van der Waals surface area contributed by atoms with Crippen LogP contribution in [0.15, 0.2) is 46.2 Å². The van der Waals surface area contributed by atoms with Crippen molar-refractivity contribution in [2.24, 2.45) is 0 Å². The van der Waals surface area contributed by atoms with Crippen LogP contribution in [0.4, 0.5) is 0 Å². The van der Waals surface area contributed by atoms with Gasteiger partial charge in [-0.15, -0.1) is 10.2 Å². The number of amides is 1. The number of aryl methyl sites for hydroxylation is 1. The monoisotopic (exact) mass is 454 g/mol. The lowest BCUT2D eigenvalue weighted by molar-refractivity contribution is -0.131. The van der Waals surface area contributed by atoms with Crippen LogP contribution in [0, 0.1) is 13.8 Å². The predicted molar refractivity (Wildman–Crippen MR) is 124 cm³/mol. The van der Waals surface area contributed by atoms with E-state index in [2.05, 4.69) is 30.1 Å². The molecule has 2 aromatic heterocycles. The minimum absolute atomic E-state index is 0.155. The number of benzene rings is 1. The van der Waals surface area contributed by atoms with Crippen LogP contribution < -0.4 is 4.74 Å². The van der Waals surface area contributed by atoms with Gasteiger partial charge in [-0.05, 0) is 69.4 Å². The lowest BCUT2D eigenvalue weighted by Crippen LogP contribution is -2.43. The predicted octanol–water partition coefficient (Wildman–Crippen LogP) is 4.61. The number of furan rings is 1. The number of hydrogen-bond donors (Lipinski definition) is 0. The lowest BCUT2D eigenvalue weighted by atomic mass is 10.0. The minimum Gasteiger partial charge on any atom is -0.485 e. The third kappa shape index (κ3) is 5.18. The summed E-state index contributed by atoms with van der Waals surface area (Å²) in [7, 11) is 0. The number of carbonyl (C=O) groups is 1. The smallest absolute Gasteiger partial charge is 0.233 e. The summed E-state index contributed by atoms with van der Waals surface area (Å²) in [5.41, 5.74) is 2.29. The molecule has 170 valence electrons. The highest BCUT2D eigenvalue weighted by Gasteiger charge is 2.24. The molecule has 8 heteroatoms. The molecule has 1 aromatic carbocycles. The molecule has 3 heterocycles. The number of ether oxygens (including phenoxy) is 1. The van der Waals surface area contributed by atoms with E-state index in [-0.39, 0.29) is 12.5 Å². The number of rotatable bonds is 8. The molecule has 1 unspecified atom stereocenters. The molecule has 0 bridgehead atoms. The van der Waals surface area contributed by atoms with Gasteiger partial charge in [0.1, 0.15) is 18.1 Å². The summed E-state index contributed by atoms with van der Waals surface area (Å²) in [6.45, 7) is 7.86. The van der Waals surface area contributed by atoms with Crippen molar-refractivity contribution in [2.75, 3.05) is 12.3 Å². The normalized spacial score (nSPS) is 16.3. The van der Waals surface area contributed by atoms with E-state index in [0.29, 0.717) is 29.3 Å². The first-order valence-electron chi connectivity index (χ1n) is 11.1. The first kappa shape index (κ1) is 22.5. The largest absolute Gasteiger partial charge is 0.485 e. The maximum Gasteiger partial charge on any atom is 0.233 e. The Morgan fingerprint density at radius 3 is 2.88 bits per heavy atom. The SMILES string of the molecule is Cc1cccc(OCc2nnc(SCC(=O)N3CCCCC3C)n2Cc2ccco2)c1C. The second-order valence-corrected chi connectivity index (χ2v) is 9.21. The Hall–Kier alpha value is -2.74. The van der Waals surface area contributed by atoms with Crippen molar-refractivity contribution >= 4 is 17.7 Å². The van der Waals surface area contributed by atoms with Crippen molar-refractivity contribution in [3.8, 4) is 5.75 Å². The van der Waals surface area contributed by atoms with Crippen molar-refractivity contribution in [3.05, 3.63) is 59.3 Å². The Kier molecular flexibility index (Phi) is 7.19. The van der Waals surface area contributed by atoms with E-state index in [4.69, 9.17) is 9.15 Å². The van der Waals surface area contributed by atoms with Crippen molar-refractivity contribution in [1.29, 1.82) is 0 Å². The number of thioether (sulfide) groups is 1. The molecule has 0 radical (unpaired) electrons. The third-order valence-corrected chi connectivity index (χ3v) is 7.00. The van der Waals surface area contributed by atoms with Crippen molar-refractivity contribution in [2.45, 2.75) is 64.4 Å². The van der Waals surface area contributed by atoms with E-state index in [1.165, 1.54) is 23.7 Å². The first-order valence-corrected chi connectivity index (χ1v) is 12.1. The highest BCUT2D eigenvalue weighted by molar-refractivity contribution is 7.99. The summed E-state index contributed by atoms with van der Waals surface area (Å²) >= 11 is 1.42. The van der Waals surface area contributed by atoms with E-state index in [1.54, 1.807) is 6.26 Å². The fourth-order valence-electron chi connectivity index (χ4n) is 3.95. The molecule has 1 atom stereocenters. The highest BCUT2D eigenvalue weighted by atomic mass is 32.2. The zero-order chi connectivity index (χ0) is 22.5. The molecule has 0 saturated carbocycles. The quantitative estimate of drug-likeness (QED) is 0.463. The molecule has 3 aromatic rings. The number of carbonyl (C=O) groups excluding carboxylic acids is 1. The molecule has 1 fully saturated rings. The van der Waals surface area contributed by atoms with Gasteiger partial charge in [0.25, 0.3) is 0 Å². The van der Waals surface area contributed by atoms with Crippen LogP contribution in [-0.4, -0.2) is 43.9 Å². The second-order valence-electron chi connectivity index (χ2n) is 8.27. The highest BCUT2D eigenvalue weighted by Crippen LogP contribution is 2.25. The summed E-state index contributed by atoms with van der Waals surface area (Å²) < 4.78 is 13.6. The van der Waals surface area contributed by atoms with Crippen LogP contribution in [-0.2, 0) is 17.9 Å². The van der Waals surface area contributed by atoms with Gasteiger partial charge in [0.2, 0.25) is 5.91 Å². The average Bonchev–Trinajstić information content (AvgIpc) is 3.44. The topological polar surface area (TPSA) is 73.4 Å². The molecule has 4 rings (SSSR count). The molecule has 32 heavy (non-hydrogen) atoms. The maximum absolute atomic E-state index is 12.8. The molecule has 7 nitrogen and oxygen atoms in total.